The first kappa shape index (κ1) is 10.8. The fourth-order valence-corrected chi connectivity index (χ4v) is 1.62. The standard InChI is InChI=1S/C13H11ClN2/c1-10-9-12(16-13(14)15-10)8-7-11-5-3-2-4-6-11/h2-9H,1H3/b8-7+. The van der Waals surface area contributed by atoms with Gasteiger partial charge in [-0.3, -0.25) is 0 Å². The highest BCUT2D eigenvalue weighted by atomic mass is 35.5. The lowest BCUT2D eigenvalue weighted by Gasteiger charge is -1.97. The van der Waals surface area contributed by atoms with Crippen molar-refractivity contribution in [2.45, 2.75) is 6.92 Å². The maximum atomic E-state index is 5.78. The van der Waals surface area contributed by atoms with Gasteiger partial charge in [-0.1, -0.05) is 36.4 Å². The number of hydrogen-bond acceptors (Lipinski definition) is 2. The van der Waals surface area contributed by atoms with E-state index in [0.717, 1.165) is 17.0 Å². The van der Waals surface area contributed by atoms with Crippen LogP contribution in [0, 0.1) is 6.92 Å². The Morgan fingerprint density at radius 2 is 1.81 bits per heavy atom. The molecule has 0 spiro atoms. The van der Waals surface area contributed by atoms with Crippen molar-refractivity contribution < 1.29 is 0 Å². The van der Waals surface area contributed by atoms with Crippen molar-refractivity contribution in [3.63, 3.8) is 0 Å². The van der Waals surface area contributed by atoms with Crippen LogP contribution < -0.4 is 0 Å². The zero-order valence-corrected chi connectivity index (χ0v) is 9.65. The fourth-order valence-electron chi connectivity index (χ4n) is 1.39. The van der Waals surface area contributed by atoms with Gasteiger partial charge >= 0.3 is 0 Å². The van der Waals surface area contributed by atoms with Crippen molar-refractivity contribution in [1.29, 1.82) is 0 Å². The Kier molecular flexibility index (Phi) is 3.32. The van der Waals surface area contributed by atoms with E-state index in [1.54, 1.807) is 0 Å². The molecule has 0 bridgehead atoms. The van der Waals surface area contributed by atoms with Crippen LogP contribution in [0.2, 0.25) is 5.28 Å². The minimum absolute atomic E-state index is 0.285. The van der Waals surface area contributed by atoms with Crippen LogP contribution in [0.15, 0.2) is 36.4 Å². The second-order valence-electron chi connectivity index (χ2n) is 3.45. The average Bonchev–Trinajstić information content (AvgIpc) is 2.27. The van der Waals surface area contributed by atoms with E-state index in [2.05, 4.69) is 9.97 Å². The number of aryl methyl sites for hydroxylation is 1. The molecule has 0 aliphatic heterocycles. The van der Waals surface area contributed by atoms with Crippen molar-refractivity contribution in [3.8, 4) is 0 Å². The minimum Gasteiger partial charge on any atom is -0.223 e. The Morgan fingerprint density at radius 3 is 2.50 bits per heavy atom. The second-order valence-corrected chi connectivity index (χ2v) is 3.79. The Morgan fingerprint density at radius 1 is 1.06 bits per heavy atom. The van der Waals surface area contributed by atoms with E-state index in [9.17, 15) is 0 Å². The largest absolute Gasteiger partial charge is 0.223 e. The SMILES string of the molecule is Cc1cc(/C=C/c2ccccc2)nc(Cl)n1. The highest BCUT2D eigenvalue weighted by Crippen LogP contribution is 2.09. The quantitative estimate of drug-likeness (QED) is 0.737. The van der Waals surface area contributed by atoms with Crippen LogP contribution in [0.25, 0.3) is 12.2 Å². The number of aromatic nitrogens is 2. The molecule has 0 unspecified atom stereocenters. The molecule has 0 amide bonds. The average molecular weight is 231 g/mol. The zero-order valence-electron chi connectivity index (χ0n) is 8.89. The normalized spacial score (nSPS) is 10.9. The molecule has 2 nitrogen and oxygen atoms in total. The van der Waals surface area contributed by atoms with Gasteiger partial charge in [-0.25, -0.2) is 9.97 Å². The summed E-state index contributed by atoms with van der Waals surface area (Å²) in [4.78, 5) is 8.13. The Balaban J connectivity index is 2.24. The number of nitrogens with zero attached hydrogens (tertiary/aromatic N) is 2. The Hall–Kier alpha value is -1.67. The smallest absolute Gasteiger partial charge is 0.223 e. The number of benzene rings is 1. The number of rotatable bonds is 2. The minimum atomic E-state index is 0.285. The number of halogens is 1. The maximum Gasteiger partial charge on any atom is 0.223 e. The maximum absolute atomic E-state index is 5.78. The lowest BCUT2D eigenvalue weighted by molar-refractivity contribution is 1.09. The van der Waals surface area contributed by atoms with E-state index >= 15 is 0 Å². The number of hydrogen-bond donors (Lipinski definition) is 0. The fraction of sp³-hybridized carbons (Fsp3) is 0.0769. The van der Waals surface area contributed by atoms with Crippen molar-refractivity contribution in [3.05, 3.63) is 58.6 Å². The first-order valence-electron chi connectivity index (χ1n) is 4.98. The van der Waals surface area contributed by atoms with Gasteiger partial charge in [-0.05, 0) is 36.2 Å². The van der Waals surface area contributed by atoms with Gasteiger partial charge in [0.2, 0.25) is 5.28 Å². The summed E-state index contributed by atoms with van der Waals surface area (Å²) in [5.41, 5.74) is 2.82. The van der Waals surface area contributed by atoms with Crippen molar-refractivity contribution in [2.24, 2.45) is 0 Å². The van der Waals surface area contributed by atoms with Crippen molar-refractivity contribution in [2.75, 3.05) is 0 Å². The lowest BCUT2D eigenvalue weighted by Crippen LogP contribution is -1.89. The topological polar surface area (TPSA) is 25.8 Å². The van der Waals surface area contributed by atoms with E-state index in [4.69, 9.17) is 11.6 Å². The summed E-state index contributed by atoms with van der Waals surface area (Å²) in [6.07, 6.45) is 3.92. The van der Waals surface area contributed by atoms with E-state index in [0.29, 0.717) is 0 Å². The van der Waals surface area contributed by atoms with Crippen LogP contribution in [0.1, 0.15) is 17.0 Å². The Labute approximate surface area is 99.6 Å². The van der Waals surface area contributed by atoms with Gasteiger partial charge in [0.05, 0.1) is 5.69 Å². The third-order valence-electron chi connectivity index (χ3n) is 2.09. The molecule has 1 aromatic carbocycles. The van der Waals surface area contributed by atoms with Crippen LogP contribution in [-0.2, 0) is 0 Å². The summed E-state index contributed by atoms with van der Waals surface area (Å²) < 4.78 is 0. The van der Waals surface area contributed by atoms with Crippen LogP contribution in [0.3, 0.4) is 0 Å². The second kappa shape index (κ2) is 4.90. The first-order chi connectivity index (χ1) is 7.74. The van der Waals surface area contributed by atoms with Crippen LogP contribution >= 0.6 is 11.6 Å². The molecule has 0 aliphatic carbocycles. The molecule has 80 valence electrons. The van der Waals surface area contributed by atoms with E-state index in [1.807, 2.05) is 55.5 Å². The van der Waals surface area contributed by atoms with Gasteiger partial charge in [-0.15, -0.1) is 0 Å². The summed E-state index contributed by atoms with van der Waals surface area (Å²) in [5, 5.41) is 0.285. The summed E-state index contributed by atoms with van der Waals surface area (Å²) in [6.45, 7) is 1.90. The summed E-state index contributed by atoms with van der Waals surface area (Å²) in [7, 11) is 0. The summed E-state index contributed by atoms with van der Waals surface area (Å²) >= 11 is 5.78. The van der Waals surface area contributed by atoms with Gasteiger partial charge in [0, 0.05) is 5.69 Å². The van der Waals surface area contributed by atoms with Gasteiger partial charge < -0.3 is 0 Å². The molecule has 2 aromatic rings. The molecule has 1 heterocycles. The summed E-state index contributed by atoms with van der Waals surface area (Å²) in [6, 6.07) is 11.9. The van der Waals surface area contributed by atoms with E-state index in [1.165, 1.54) is 0 Å². The van der Waals surface area contributed by atoms with E-state index in [-0.39, 0.29) is 5.28 Å². The molecule has 0 radical (unpaired) electrons. The van der Waals surface area contributed by atoms with Crippen LogP contribution in [-0.4, -0.2) is 9.97 Å². The molecule has 16 heavy (non-hydrogen) atoms. The molecule has 3 heteroatoms. The molecule has 0 N–H and O–H groups in total. The summed E-state index contributed by atoms with van der Waals surface area (Å²) in [5.74, 6) is 0. The highest BCUT2D eigenvalue weighted by Gasteiger charge is 1.96. The van der Waals surface area contributed by atoms with Gasteiger partial charge in [0.25, 0.3) is 0 Å². The molecule has 1 aromatic heterocycles. The monoisotopic (exact) mass is 230 g/mol. The third-order valence-corrected chi connectivity index (χ3v) is 2.26. The van der Waals surface area contributed by atoms with Crippen molar-refractivity contribution in [1.82, 2.24) is 9.97 Å². The molecular formula is C13H11ClN2. The zero-order chi connectivity index (χ0) is 11.4. The third kappa shape index (κ3) is 2.91. The van der Waals surface area contributed by atoms with Crippen molar-refractivity contribution >= 4 is 23.8 Å². The van der Waals surface area contributed by atoms with Gasteiger partial charge in [0.1, 0.15) is 0 Å². The Bertz CT molecular complexity index is 486. The molecule has 0 atom stereocenters. The lowest BCUT2D eigenvalue weighted by atomic mass is 10.2. The first-order valence-corrected chi connectivity index (χ1v) is 5.36. The van der Waals surface area contributed by atoms with E-state index < -0.39 is 0 Å². The molecular weight excluding hydrogens is 220 g/mol. The van der Waals surface area contributed by atoms with Gasteiger partial charge in [0.15, 0.2) is 0 Å². The predicted octanol–water partition coefficient (Wildman–Crippen LogP) is 3.61. The molecule has 0 aliphatic rings. The molecule has 0 saturated heterocycles. The van der Waals surface area contributed by atoms with Gasteiger partial charge in [-0.2, -0.15) is 0 Å². The molecule has 0 fully saturated rings. The highest BCUT2D eigenvalue weighted by molar-refractivity contribution is 6.28. The molecule has 0 saturated carbocycles. The van der Waals surface area contributed by atoms with Crippen LogP contribution in [0.5, 0.6) is 0 Å². The van der Waals surface area contributed by atoms with Crippen LogP contribution in [0.4, 0.5) is 0 Å². The predicted molar refractivity (Wildman–Crippen MR) is 67.1 cm³/mol. The molecule has 2 rings (SSSR count).